The number of pyridine rings is 1. The molecule has 0 aliphatic rings. The van der Waals surface area contributed by atoms with Crippen molar-refractivity contribution in [2.75, 3.05) is 0 Å². The summed E-state index contributed by atoms with van der Waals surface area (Å²) in [7, 11) is 2.08. The second-order valence-electron chi connectivity index (χ2n) is 4.38. The summed E-state index contributed by atoms with van der Waals surface area (Å²) in [5, 5.41) is 1.25. The first-order valence-corrected chi connectivity index (χ1v) is 5.99. The lowest BCUT2D eigenvalue weighted by Crippen LogP contribution is -2.01. The van der Waals surface area contributed by atoms with Gasteiger partial charge in [0.05, 0.1) is 0 Å². The Morgan fingerprint density at radius 1 is 1.22 bits per heavy atom. The maximum absolute atomic E-state index is 5.78. The Kier molecular flexibility index (Phi) is 2.61. The lowest BCUT2D eigenvalue weighted by molar-refractivity contribution is 0.966. The van der Waals surface area contributed by atoms with Crippen molar-refractivity contribution in [2.45, 2.75) is 6.54 Å². The predicted octanol–water partition coefficient (Wildman–Crippen LogP) is 2.70. The van der Waals surface area contributed by atoms with Gasteiger partial charge in [0.1, 0.15) is 0 Å². The van der Waals surface area contributed by atoms with Gasteiger partial charge in [0.2, 0.25) is 0 Å². The molecule has 0 radical (unpaired) electrons. The van der Waals surface area contributed by atoms with E-state index in [0.29, 0.717) is 6.54 Å². The van der Waals surface area contributed by atoms with Crippen molar-refractivity contribution in [3.05, 3.63) is 54.4 Å². The highest BCUT2D eigenvalue weighted by Crippen LogP contribution is 2.28. The normalized spacial score (nSPS) is 11.0. The molecule has 0 amide bonds. The number of aromatic nitrogens is 2. The topological polar surface area (TPSA) is 43.8 Å². The van der Waals surface area contributed by atoms with Gasteiger partial charge in [0.25, 0.3) is 0 Å². The quantitative estimate of drug-likeness (QED) is 0.744. The lowest BCUT2D eigenvalue weighted by Gasteiger charge is -2.08. The van der Waals surface area contributed by atoms with E-state index < -0.39 is 0 Å². The zero-order valence-corrected chi connectivity index (χ0v) is 10.3. The van der Waals surface area contributed by atoms with Crippen molar-refractivity contribution in [1.29, 1.82) is 0 Å². The van der Waals surface area contributed by atoms with Crippen LogP contribution in [0, 0.1) is 0 Å². The molecule has 0 fully saturated rings. The minimum absolute atomic E-state index is 0.505. The van der Waals surface area contributed by atoms with Crippen LogP contribution in [-0.4, -0.2) is 9.55 Å². The average Bonchev–Trinajstić information content (AvgIpc) is 2.76. The first-order valence-electron chi connectivity index (χ1n) is 5.99. The zero-order chi connectivity index (χ0) is 12.5. The number of hydrogen-bond donors (Lipinski definition) is 1. The molecule has 0 aliphatic heterocycles. The van der Waals surface area contributed by atoms with Crippen molar-refractivity contribution in [2.24, 2.45) is 12.8 Å². The van der Waals surface area contributed by atoms with Crippen LogP contribution in [0.25, 0.3) is 22.2 Å². The van der Waals surface area contributed by atoms with Gasteiger partial charge in [-0.15, -0.1) is 0 Å². The number of nitrogens with two attached hydrogens (primary N) is 1. The van der Waals surface area contributed by atoms with Crippen LogP contribution in [0.1, 0.15) is 5.56 Å². The highest BCUT2D eigenvalue weighted by atomic mass is 14.9. The van der Waals surface area contributed by atoms with Crippen LogP contribution in [0.4, 0.5) is 0 Å². The molecule has 0 saturated heterocycles. The first-order chi connectivity index (χ1) is 8.81. The van der Waals surface area contributed by atoms with E-state index in [1.807, 2.05) is 18.5 Å². The number of nitrogens with zero attached hydrogens (tertiary/aromatic N) is 2. The molecule has 3 nitrogen and oxygen atoms in total. The molecule has 0 spiro atoms. The maximum Gasteiger partial charge on any atom is 0.0493 e. The fourth-order valence-corrected chi connectivity index (χ4v) is 2.39. The third-order valence-corrected chi connectivity index (χ3v) is 3.35. The summed E-state index contributed by atoms with van der Waals surface area (Å²) < 4.78 is 2.20. The van der Waals surface area contributed by atoms with Crippen LogP contribution in [0.2, 0.25) is 0 Å². The molecule has 3 rings (SSSR count). The Morgan fingerprint density at radius 3 is 2.83 bits per heavy atom. The van der Waals surface area contributed by atoms with Crippen molar-refractivity contribution in [3.8, 4) is 11.3 Å². The lowest BCUT2D eigenvalue weighted by atomic mass is 10.1. The molecule has 0 bridgehead atoms. The Balaban J connectivity index is 2.28. The number of fused-ring (bicyclic) bond motifs is 1. The van der Waals surface area contributed by atoms with E-state index in [9.17, 15) is 0 Å². The van der Waals surface area contributed by atoms with E-state index in [1.165, 1.54) is 16.6 Å². The van der Waals surface area contributed by atoms with Crippen molar-refractivity contribution in [1.82, 2.24) is 9.55 Å². The van der Waals surface area contributed by atoms with Gasteiger partial charge in [-0.1, -0.05) is 18.2 Å². The second-order valence-corrected chi connectivity index (χ2v) is 4.38. The van der Waals surface area contributed by atoms with Gasteiger partial charge in [-0.25, -0.2) is 0 Å². The molecular formula is C15H15N3. The van der Waals surface area contributed by atoms with Crippen LogP contribution in [0.5, 0.6) is 0 Å². The molecule has 3 aromatic rings. The number of para-hydroxylation sites is 1. The Labute approximate surface area is 106 Å². The number of aryl methyl sites for hydroxylation is 1. The molecule has 0 saturated carbocycles. The summed E-state index contributed by atoms with van der Waals surface area (Å²) in [6.07, 6.45) is 3.65. The molecule has 2 aromatic heterocycles. The highest BCUT2D eigenvalue weighted by Gasteiger charge is 2.10. The van der Waals surface area contributed by atoms with E-state index in [4.69, 9.17) is 5.73 Å². The fraction of sp³-hybridized carbons (Fsp3) is 0.133. The van der Waals surface area contributed by atoms with Crippen molar-refractivity contribution < 1.29 is 0 Å². The van der Waals surface area contributed by atoms with Crippen LogP contribution >= 0.6 is 0 Å². The summed E-state index contributed by atoms with van der Waals surface area (Å²) in [6, 6.07) is 12.6. The Morgan fingerprint density at radius 2 is 2.06 bits per heavy atom. The van der Waals surface area contributed by atoms with E-state index in [2.05, 4.69) is 46.9 Å². The summed E-state index contributed by atoms with van der Waals surface area (Å²) >= 11 is 0. The van der Waals surface area contributed by atoms with Crippen LogP contribution in [0.15, 0.2) is 48.8 Å². The molecule has 0 aliphatic carbocycles. The molecule has 0 atom stereocenters. The SMILES string of the molecule is Cn1c(-c2ccncc2CN)cc2ccccc21. The molecule has 3 heteroatoms. The number of hydrogen-bond acceptors (Lipinski definition) is 2. The standard InChI is InChI=1S/C15H15N3/c1-18-14-5-3-2-4-11(14)8-15(18)13-6-7-17-10-12(13)9-16/h2-8,10H,9,16H2,1H3. The van der Waals surface area contributed by atoms with Gasteiger partial charge < -0.3 is 10.3 Å². The molecule has 2 heterocycles. The largest absolute Gasteiger partial charge is 0.344 e. The van der Waals surface area contributed by atoms with Crippen LogP contribution in [0.3, 0.4) is 0 Å². The third kappa shape index (κ3) is 1.60. The average molecular weight is 237 g/mol. The van der Waals surface area contributed by atoms with Gasteiger partial charge in [-0.05, 0) is 23.8 Å². The smallest absolute Gasteiger partial charge is 0.0493 e. The van der Waals surface area contributed by atoms with Crippen LogP contribution in [-0.2, 0) is 13.6 Å². The summed E-state index contributed by atoms with van der Waals surface area (Å²) in [4.78, 5) is 4.14. The molecule has 0 unspecified atom stereocenters. The Bertz CT molecular complexity index is 698. The molecule has 90 valence electrons. The number of benzene rings is 1. The summed E-state index contributed by atoms with van der Waals surface area (Å²) in [5.74, 6) is 0. The van der Waals surface area contributed by atoms with Crippen molar-refractivity contribution in [3.63, 3.8) is 0 Å². The van der Waals surface area contributed by atoms with Crippen molar-refractivity contribution >= 4 is 10.9 Å². The fourth-order valence-electron chi connectivity index (χ4n) is 2.39. The van der Waals surface area contributed by atoms with E-state index in [1.54, 1.807) is 0 Å². The molecule has 18 heavy (non-hydrogen) atoms. The minimum atomic E-state index is 0.505. The summed E-state index contributed by atoms with van der Waals surface area (Å²) in [5.41, 5.74) is 10.4. The monoisotopic (exact) mass is 237 g/mol. The van der Waals surface area contributed by atoms with Crippen LogP contribution < -0.4 is 5.73 Å². The van der Waals surface area contributed by atoms with Gasteiger partial charge in [0.15, 0.2) is 0 Å². The highest BCUT2D eigenvalue weighted by molar-refractivity contribution is 5.87. The molecule has 2 N–H and O–H groups in total. The van der Waals surface area contributed by atoms with E-state index >= 15 is 0 Å². The third-order valence-electron chi connectivity index (χ3n) is 3.35. The number of rotatable bonds is 2. The zero-order valence-electron chi connectivity index (χ0n) is 10.3. The minimum Gasteiger partial charge on any atom is -0.344 e. The second kappa shape index (κ2) is 4.27. The molecular weight excluding hydrogens is 222 g/mol. The first kappa shape index (κ1) is 11.0. The van der Waals surface area contributed by atoms with Gasteiger partial charge in [-0.3, -0.25) is 4.98 Å². The van der Waals surface area contributed by atoms with E-state index in [-0.39, 0.29) is 0 Å². The van der Waals surface area contributed by atoms with Gasteiger partial charge >= 0.3 is 0 Å². The van der Waals surface area contributed by atoms with Gasteiger partial charge in [0, 0.05) is 48.1 Å². The van der Waals surface area contributed by atoms with Gasteiger partial charge in [-0.2, -0.15) is 0 Å². The van der Waals surface area contributed by atoms with E-state index in [0.717, 1.165) is 11.1 Å². The summed E-state index contributed by atoms with van der Waals surface area (Å²) in [6.45, 7) is 0.505. The molecule has 1 aromatic carbocycles. The predicted molar refractivity (Wildman–Crippen MR) is 74.0 cm³/mol. The maximum atomic E-state index is 5.78. The Hall–Kier alpha value is -2.13.